The van der Waals surface area contributed by atoms with Crippen LogP contribution in [0, 0.1) is 0 Å². The Morgan fingerprint density at radius 2 is 0.611 bits per heavy atom. The van der Waals surface area contributed by atoms with Crippen LogP contribution in [-0.4, -0.2) is 29.2 Å². The van der Waals surface area contributed by atoms with Crippen molar-refractivity contribution < 1.29 is 20.4 Å². The molecule has 10 nitrogen and oxygen atoms in total. The Morgan fingerprint density at radius 1 is 0.352 bits per heavy atom. The average Bonchev–Trinajstić information content (AvgIpc) is 3.89. The third-order valence-electron chi connectivity index (χ3n) is 9.18. The number of aromatic hydroxyl groups is 4. The molecule has 0 radical (unpaired) electrons. The molecule has 54 heavy (non-hydrogen) atoms. The highest BCUT2D eigenvalue weighted by Crippen LogP contribution is 2.52. The van der Waals surface area contributed by atoms with Gasteiger partial charge in [0.05, 0.1) is 23.1 Å². The zero-order chi connectivity index (χ0) is 36.8. The van der Waals surface area contributed by atoms with Gasteiger partial charge < -0.3 is 30.2 Å². The molecule has 0 amide bonds. The number of rotatable bonds is 8. The molecule has 0 bridgehead atoms. The van der Waals surface area contributed by atoms with E-state index in [2.05, 4.69) is 0 Å². The predicted molar refractivity (Wildman–Crippen MR) is 216 cm³/mol. The Bertz CT molecular complexity index is 2440. The monoisotopic (exact) mass is 744 g/mol. The van der Waals surface area contributed by atoms with E-state index in [1.54, 1.807) is 48.5 Å². The van der Waals surface area contributed by atoms with Crippen LogP contribution in [-0.2, 0) is 11.4 Å². The van der Waals surface area contributed by atoms with Crippen LogP contribution >= 0.6 is 11.7 Å². The Kier molecular flexibility index (Phi) is 8.22. The fourth-order valence-corrected chi connectivity index (χ4v) is 7.78. The summed E-state index contributed by atoms with van der Waals surface area (Å²) in [4.78, 5) is 4.08. The van der Waals surface area contributed by atoms with Crippen molar-refractivity contribution in [2.75, 3.05) is 9.80 Å². The van der Waals surface area contributed by atoms with E-state index < -0.39 is 0 Å². The van der Waals surface area contributed by atoms with E-state index in [0.29, 0.717) is 0 Å². The second-order valence-corrected chi connectivity index (χ2v) is 13.6. The number of hydrogen-bond acceptors (Lipinski definition) is 11. The van der Waals surface area contributed by atoms with Crippen molar-refractivity contribution in [2.24, 2.45) is 8.73 Å². The van der Waals surface area contributed by atoms with Crippen molar-refractivity contribution in [2.45, 2.75) is 0 Å². The molecule has 8 aromatic rings. The van der Waals surface area contributed by atoms with Crippen LogP contribution in [0.5, 0.6) is 23.0 Å². The van der Waals surface area contributed by atoms with Gasteiger partial charge in [0.2, 0.25) is 0 Å². The van der Waals surface area contributed by atoms with E-state index in [4.69, 9.17) is 17.5 Å². The fraction of sp³-hybridized carbons (Fsp3) is 0. The summed E-state index contributed by atoms with van der Waals surface area (Å²) in [5, 5.41) is 39.8. The largest absolute Gasteiger partial charge is 0.508 e. The summed E-state index contributed by atoms with van der Waals surface area (Å²) < 4.78 is 19.1. The van der Waals surface area contributed by atoms with Crippen LogP contribution in [0.3, 0.4) is 0 Å². The maximum Gasteiger partial charge on any atom is 0.115 e. The van der Waals surface area contributed by atoms with Crippen LogP contribution in [0.2, 0.25) is 0 Å². The van der Waals surface area contributed by atoms with Crippen molar-refractivity contribution >= 4 is 79.6 Å². The maximum atomic E-state index is 9.96. The summed E-state index contributed by atoms with van der Waals surface area (Å²) in [5.41, 5.74) is 11.6. The molecule has 0 fully saturated rings. The Balaban J connectivity index is 1.11. The normalized spacial score (nSPS) is 11.7. The van der Waals surface area contributed by atoms with Gasteiger partial charge >= 0.3 is 0 Å². The summed E-state index contributed by atoms with van der Waals surface area (Å²) in [5.74, 6) is 0.689. The zero-order valence-electron chi connectivity index (χ0n) is 28.1. The molecule has 0 unspecified atom stereocenters. The molecule has 0 saturated carbocycles. The highest BCUT2D eigenvalue weighted by molar-refractivity contribution is 7.58. The number of aromatic nitrogens is 2. The van der Waals surface area contributed by atoms with Gasteiger partial charge in [-0.15, -0.1) is 0 Å². The summed E-state index contributed by atoms with van der Waals surface area (Å²) >= 11 is 2.29. The van der Waals surface area contributed by atoms with Crippen molar-refractivity contribution in [3.8, 4) is 45.3 Å². The smallest absolute Gasteiger partial charge is 0.115 e. The van der Waals surface area contributed by atoms with Crippen LogP contribution in [0.15, 0.2) is 154 Å². The van der Waals surface area contributed by atoms with Gasteiger partial charge in [-0.2, -0.15) is 17.5 Å². The SMILES string of the molecule is Oc1ccc(N(c2ccc(O)cc2)c2ccc(-c3c4c(c(-c5ccc(N(c6ccc(O)cc6)c6ccc(O)cc6)cc5)c5nsnc35)N=S=N4)cc2)cc1. The predicted octanol–water partition coefficient (Wildman–Crippen LogP) is 11.5. The maximum absolute atomic E-state index is 9.96. The minimum Gasteiger partial charge on any atom is -0.508 e. The van der Waals surface area contributed by atoms with Crippen molar-refractivity contribution in [3.63, 3.8) is 0 Å². The topological polar surface area (TPSA) is 138 Å². The average molecular weight is 745 g/mol. The first-order valence-electron chi connectivity index (χ1n) is 16.8. The summed E-state index contributed by atoms with van der Waals surface area (Å²) in [6.07, 6.45) is 0. The number of anilines is 6. The molecule has 9 rings (SSSR count). The highest BCUT2D eigenvalue weighted by atomic mass is 32.1. The van der Waals surface area contributed by atoms with E-state index >= 15 is 0 Å². The van der Waals surface area contributed by atoms with E-state index in [9.17, 15) is 20.4 Å². The van der Waals surface area contributed by atoms with Gasteiger partial charge in [0.15, 0.2) is 0 Å². The van der Waals surface area contributed by atoms with E-state index in [-0.39, 0.29) is 23.0 Å². The first kappa shape index (κ1) is 32.9. The lowest BCUT2D eigenvalue weighted by Gasteiger charge is -2.26. The third-order valence-corrected chi connectivity index (χ3v) is 10.2. The van der Waals surface area contributed by atoms with Crippen LogP contribution < -0.4 is 9.80 Å². The quantitative estimate of drug-likeness (QED) is 0.121. The molecule has 262 valence electrons. The Hall–Kier alpha value is -7.02. The van der Waals surface area contributed by atoms with E-state index in [0.717, 1.165) is 102 Å². The molecule has 12 heteroatoms. The number of phenols is 4. The molecule has 2 heterocycles. The van der Waals surface area contributed by atoms with Gasteiger partial charge in [0.25, 0.3) is 0 Å². The lowest BCUT2D eigenvalue weighted by atomic mass is 9.93. The minimum absolute atomic E-state index is 0.172. The number of fused-ring (bicyclic) bond motifs is 2. The molecule has 4 N–H and O–H groups in total. The van der Waals surface area contributed by atoms with Crippen LogP contribution in [0.25, 0.3) is 33.3 Å². The summed E-state index contributed by atoms with van der Waals surface area (Å²) in [6.45, 7) is 0. The van der Waals surface area contributed by atoms with Gasteiger partial charge in [-0.1, -0.05) is 24.3 Å². The highest BCUT2D eigenvalue weighted by Gasteiger charge is 2.27. The summed E-state index contributed by atoms with van der Waals surface area (Å²) in [7, 11) is 0. The molecule has 0 aliphatic carbocycles. The molecular weight excluding hydrogens is 717 g/mol. The van der Waals surface area contributed by atoms with Crippen molar-refractivity contribution in [1.29, 1.82) is 0 Å². The standard InChI is InChI=1S/C42H28N6O4S2/c49-33-17-9-29(10-18-33)47(30-11-19-34(50)20-12-30)27-5-1-25(2-6-27)37-39-41(45-53-43-39)38(42-40(37)44-54-46-42)26-3-7-28(8-4-26)48(31-13-21-35(51)22-14-31)32-15-23-36(52)24-16-32/h1-24,49-52H. The number of benzene rings is 7. The molecular formula is C42H28N6O4S2. The third kappa shape index (κ3) is 5.94. The second kappa shape index (κ2) is 13.5. The number of phenolic OH excluding ortho intramolecular Hbond substituents is 4. The molecule has 0 atom stereocenters. The molecule has 0 saturated heterocycles. The molecule has 0 spiro atoms. The molecule has 7 aromatic carbocycles. The van der Waals surface area contributed by atoms with Gasteiger partial charge in [0, 0.05) is 45.3 Å². The first-order chi connectivity index (χ1) is 26.4. The number of hydrogen-bond donors (Lipinski definition) is 4. The van der Waals surface area contributed by atoms with Crippen molar-refractivity contribution in [3.05, 3.63) is 146 Å². The van der Waals surface area contributed by atoms with Crippen molar-refractivity contribution in [1.82, 2.24) is 8.75 Å². The first-order valence-corrected chi connectivity index (χ1v) is 18.2. The second-order valence-electron chi connectivity index (χ2n) is 12.5. The minimum atomic E-state index is 0.172. The lowest BCUT2D eigenvalue weighted by molar-refractivity contribution is 0.474. The van der Waals surface area contributed by atoms with E-state index in [1.165, 1.54) is 0 Å². The van der Waals surface area contributed by atoms with Crippen LogP contribution in [0.1, 0.15) is 0 Å². The van der Waals surface area contributed by atoms with Gasteiger partial charge in [0.1, 0.15) is 45.4 Å². The fourth-order valence-electron chi connectivity index (χ4n) is 6.66. The Labute approximate surface area is 317 Å². The van der Waals surface area contributed by atoms with Gasteiger partial charge in [-0.3, -0.25) is 0 Å². The van der Waals surface area contributed by atoms with E-state index in [1.807, 2.05) is 107 Å². The number of nitrogens with zero attached hydrogens (tertiary/aromatic N) is 6. The van der Waals surface area contributed by atoms with Crippen LogP contribution in [0.4, 0.5) is 45.5 Å². The summed E-state index contributed by atoms with van der Waals surface area (Å²) in [6, 6.07) is 44.1. The molecule has 1 aromatic heterocycles. The Morgan fingerprint density at radius 3 is 0.889 bits per heavy atom. The lowest BCUT2D eigenvalue weighted by Crippen LogP contribution is -2.09. The molecule has 1 aliphatic heterocycles. The zero-order valence-corrected chi connectivity index (χ0v) is 29.8. The van der Waals surface area contributed by atoms with Gasteiger partial charge in [-0.05, 0) is 132 Å². The molecule has 1 aliphatic rings. The van der Waals surface area contributed by atoms with Gasteiger partial charge in [-0.25, -0.2) is 0 Å².